The van der Waals surface area contributed by atoms with Crippen molar-refractivity contribution in [1.82, 2.24) is 14.5 Å². The van der Waals surface area contributed by atoms with E-state index in [1.807, 2.05) is 51.5 Å². The van der Waals surface area contributed by atoms with Gasteiger partial charge in [-0.3, -0.25) is 9.13 Å². The predicted molar refractivity (Wildman–Crippen MR) is 78.0 cm³/mol. The minimum atomic E-state index is 0.0203. The summed E-state index contributed by atoms with van der Waals surface area (Å²) in [5.41, 5.74) is 2.18. The first-order valence-electron chi connectivity index (χ1n) is 6.67. The molecule has 0 fully saturated rings. The van der Waals surface area contributed by atoms with E-state index in [1.54, 1.807) is 9.13 Å². The van der Waals surface area contributed by atoms with Crippen molar-refractivity contribution in [3.05, 3.63) is 52.7 Å². The number of likely N-dealkylation sites (N-methyl/N-ethyl adjacent to an activating group) is 1. The number of nitrogens with one attached hydrogen (secondary N) is 1. The largest absolute Gasteiger partial charge is 0.332 e. The molecule has 0 aliphatic heterocycles. The molecule has 0 aliphatic rings. The van der Waals surface area contributed by atoms with E-state index >= 15 is 0 Å². The highest BCUT2D eigenvalue weighted by molar-refractivity contribution is 5.41. The number of nitrogens with zero attached hydrogens (tertiary/aromatic N) is 2. The Balaban J connectivity index is 2.44. The Morgan fingerprint density at radius 1 is 1.21 bits per heavy atom. The van der Waals surface area contributed by atoms with E-state index in [0.717, 1.165) is 18.7 Å². The van der Waals surface area contributed by atoms with E-state index in [4.69, 9.17) is 0 Å². The maximum Gasteiger partial charge on any atom is 0.332 e. The molecule has 1 heterocycles. The van der Waals surface area contributed by atoms with Gasteiger partial charge in [0.15, 0.2) is 0 Å². The van der Waals surface area contributed by atoms with Gasteiger partial charge in [0, 0.05) is 18.4 Å². The second-order valence-electron chi connectivity index (χ2n) is 4.93. The van der Waals surface area contributed by atoms with Gasteiger partial charge in [-0.05, 0) is 45.5 Å². The Labute approximate surface area is 113 Å². The highest BCUT2D eigenvalue weighted by Gasteiger charge is 2.10. The normalized spacial score (nSPS) is 11.2. The first-order chi connectivity index (χ1) is 9.15. The molecule has 0 amide bonds. The van der Waals surface area contributed by atoms with Gasteiger partial charge in [0.1, 0.15) is 0 Å². The quantitative estimate of drug-likeness (QED) is 0.891. The highest BCUT2D eigenvalue weighted by atomic mass is 16.1. The molecule has 2 aromatic rings. The summed E-state index contributed by atoms with van der Waals surface area (Å²) in [5.74, 6) is 0. The van der Waals surface area contributed by atoms with Crippen LogP contribution >= 0.6 is 0 Å². The van der Waals surface area contributed by atoms with E-state index in [-0.39, 0.29) is 11.7 Å². The molecular formula is C15H21N3O. The van der Waals surface area contributed by atoms with Gasteiger partial charge in [-0.2, -0.15) is 0 Å². The van der Waals surface area contributed by atoms with Crippen LogP contribution in [0.2, 0.25) is 0 Å². The number of imidazole rings is 1. The maximum atomic E-state index is 12.3. The zero-order valence-corrected chi connectivity index (χ0v) is 11.8. The molecule has 0 bridgehead atoms. The van der Waals surface area contributed by atoms with Crippen LogP contribution in [0.25, 0.3) is 5.69 Å². The van der Waals surface area contributed by atoms with Crippen molar-refractivity contribution < 1.29 is 0 Å². The van der Waals surface area contributed by atoms with Crippen LogP contribution in [0.3, 0.4) is 0 Å². The fourth-order valence-corrected chi connectivity index (χ4v) is 2.18. The highest BCUT2D eigenvalue weighted by Crippen LogP contribution is 2.14. The SMILES string of the molecule is CNCCc1ccccc1-n1ccn(C(C)C)c1=O. The molecule has 1 aromatic heterocycles. The zero-order chi connectivity index (χ0) is 13.8. The first kappa shape index (κ1) is 13.6. The molecule has 0 saturated carbocycles. The lowest BCUT2D eigenvalue weighted by Gasteiger charge is -2.10. The summed E-state index contributed by atoms with van der Waals surface area (Å²) in [6.45, 7) is 4.92. The molecular weight excluding hydrogens is 238 g/mol. The van der Waals surface area contributed by atoms with Crippen molar-refractivity contribution in [3.8, 4) is 5.69 Å². The Bertz CT molecular complexity index is 595. The molecule has 19 heavy (non-hydrogen) atoms. The smallest absolute Gasteiger partial charge is 0.319 e. The van der Waals surface area contributed by atoms with Gasteiger partial charge in [-0.1, -0.05) is 18.2 Å². The van der Waals surface area contributed by atoms with Gasteiger partial charge in [0.25, 0.3) is 0 Å². The summed E-state index contributed by atoms with van der Waals surface area (Å²) < 4.78 is 3.47. The number of aromatic nitrogens is 2. The summed E-state index contributed by atoms with van der Waals surface area (Å²) in [6.07, 6.45) is 4.61. The summed E-state index contributed by atoms with van der Waals surface area (Å²) in [5, 5.41) is 3.14. The molecule has 4 heteroatoms. The van der Waals surface area contributed by atoms with Crippen LogP contribution in [-0.2, 0) is 6.42 Å². The average molecular weight is 259 g/mol. The second-order valence-corrected chi connectivity index (χ2v) is 4.93. The van der Waals surface area contributed by atoms with Crippen LogP contribution in [0.1, 0.15) is 25.5 Å². The summed E-state index contributed by atoms with van der Waals surface area (Å²) >= 11 is 0. The molecule has 2 rings (SSSR count). The van der Waals surface area contributed by atoms with Crippen molar-refractivity contribution in [3.63, 3.8) is 0 Å². The average Bonchev–Trinajstić information content (AvgIpc) is 2.78. The number of hydrogen-bond acceptors (Lipinski definition) is 2. The second kappa shape index (κ2) is 5.89. The summed E-state index contributed by atoms with van der Waals surface area (Å²) in [6, 6.07) is 8.23. The lowest BCUT2D eigenvalue weighted by Crippen LogP contribution is -2.25. The van der Waals surface area contributed by atoms with Crippen LogP contribution in [0.5, 0.6) is 0 Å². The molecule has 0 aliphatic carbocycles. The zero-order valence-electron chi connectivity index (χ0n) is 11.8. The topological polar surface area (TPSA) is 39.0 Å². The van der Waals surface area contributed by atoms with Crippen LogP contribution < -0.4 is 11.0 Å². The minimum absolute atomic E-state index is 0.0203. The van der Waals surface area contributed by atoms with Crippen molar-refractivity contribution in [2.75, 3.05) is 13.6 Å². The van der Waals surface area contributed by atoms with Crippen LogP contribution in [0, 0.1) is 0 Å². The molecule has 1 aromatic carbocycles. The molecule has 102 valence electrons. The Morgan fingerprint density at radius 3 is 2.58 bits per heavy atom. The Kier molecular flexibility index (Phi) is 4.22. The molecule has 0 saturated heterocycles. The fourth-order valence-electron chi connectivity index (χ4n) is 2.18. The van der Waals surface area contributed by atoms with Crippen molar-refractivity contribution in [2.24, 2.45) is 0 Å². The van der Waals surface area contributed by atoms with Gasteiger partial charge in [-0.25, -0.2) is 4.79 Å². The van der Waals surface area contributed by atoms with Crippen molar-refractivity contribution in [2.45, 2.75) is 26.3 Å². The van der Waals surface area contributed by atoms with Gasteiger partial charge in [0.2, 0.25) is 0 Å². The molecule has 0 spiro atoms. The molecule has 0 unspecified atom stereocenters. The van der Waals surface area contributed by atoms with Gasteiger partial charge < -0.3 is 5.32 Å². The lowest BCUT2D eigenvalue weighted by atomic mass is 10.1. The van der Waals surface area contributed by atoms with Crippen LogP contribution in [0.15, 0.2) is 41.5 Å². The molecule has 1 N–H and O–H groups in total. The third-order valence-corrected chi connectivity index (χ3v) is 3.26. The Hall–Kier alpha value is -1.81. The number of para-hydroxylation sites is 1. The van der Waals surface area contributed by atoms with Crippen molar-refractivity contribution >= 4 is 0 Å². The van der Waals surface area contributed by atoms with Gasteiger partial charge in [-0.15, -0.1) is 0 Å². The molecule has 0 radical (unpaired) electrons. The summed E-state index contributed by atoms with van der Waals surface area (Å²) in [4.78, 5) is 12.3. The number of hydrogen-bond donors (Lipinski definition) is 1. The minimum Gasteiger partial charge on any atom is -0.319 e. The van der Waals surface area contributed by atoms with Crippen molar-refractivity contribution in [1.29, 1.82) is 0 Å². The number of rotatable bonds is 5. The lowest BCUT2D eigenvalue weighted by molar-refractivity contribution is 0.573. The van der Waals surface area contributed by atoms with E-state index < -0.39 is 0 Å². The van der Waals surface area contributed by atoms with Crippen LogP contribution in [0.4, 0.5) is 0 Å². The van der Waals surface area contributed by atoms with E-state index in [2.05, 4.69) is 11.4 Å². The van der Waals surface area contributed by atoms with Gasteiger partial charge in [0.05, 0.1) is 5.69 Å². The summed E-state index contributed by atoms with van der Waals surface area (Å²) in [7, 11) is 1.93. The van der Waals surface area contributed by atoms with E-state index in [9.17, 15) is 4.79 Å². The standard InChI is InChI=1S/C15H21N3O/c1-12(2)17-10-11-18(15(17)19)14-7-5-4-6-13(14)8-9-16-3/h4-7,10-12,16H,8-9H2,1-3H3. The van der Waals surface area contributed by atoms with E-state index in [1.165, 1.54) is 5.56 Å². The molecule has 4 nitrogen and oxygen atoms in total. The molecule has 0 atom stereocenters. The fraction of sp³-hybridized carbons (Fsp3) is 0.400. The third kappa shape index (κ3) is 2.79. The first-order valence-corrected chi connectivity index (χ1v) is 6.67. The predicted octanol–water partition coefficient (Wildman–Crippen LogP) is 1.98. The Morgan fingerprint density at radius 2 is 1.95 bits per heavy atom. The van der Waals surface area contributed by atoms with Gasteiger partial charge >= 0.3 is 5.69 Å². The van der Waals surface area contributed by atoms with Crippen LogP contribution in [-0.4, -0.2) is 22.7 Å². The maximum absolute atomic E-state index is 12.3. The monoisotopic (exact) mass is 259 g/mol. The number of benzene rings is 1. The third-order valence-electron chi connectivity index (χ3n) is 3.26. The van der Waals surface area contributed by atoms with E-state index in [0.29, 0.717) is 0 Å².